The number of esters is 1. The predicted molar refractivity (Wildman–Crippen MR) is 94.7 cm³/mol. The first-order valence-corrected chi connectivity index (χ1v) is 9.45. The van der Waals surface area contributed by atoms with Gasteiger partial charge in [0.05, 0.1) is 24.2 Å². The molecule has 0 aliphatic heterocycles. The average Bonchev–Trinajstić information content (AvgIpc) is 3.08. The van der Waals surface area contributed by atoms with Gasteiger partial charge in [-0.25, -0.2) is 4.39 Å². The standard InChI is InChI=1S/C17H18FNO3S2/c1-2-22-16(21)11-23-10-15(20)19-17(14-4-3-9-24-14)12-5-7-13(18)8-6-12/h3-9,17H,2,10-11H2,1H3,(H,19,20). The second kappa shape index (κ2) is 9.44. The van der Waals surface area contributed by atoms with Crippen LogP contribution in [0.5, 0.6) is 0 Å². The molecule has 4 nitrogen and oxygen atoms in total. The largest absolute Gasteiger partial charge is 0.465 e. The molecule has 2 rings (SSSR count). The number of thioether (sulfide) groups is 1. The molecule has 1 heterocycles. The van der Waals surface area contributed by atoms with Crippen LogP contribution in [0.15, 0.2) is 41.8 Å². The zero-order valence-corrected chi connectivity index (χ0v) is 14.8. The number of hydrogen-bond donors (Lipinski definition) is 1. The van der Waals surface area contributed by atoms with Crippen LogP contribution in [-0.4, -0.2) is 30.0 Å². The van der Waals surface area contributed by atoms with E-state index in [-0.39, 0.29) is 35.2 Å². The molecule has 7 heteroatoms. The third kappa shape index (κ3) is 5.65. The van der Waals surface area contributed by atoms with Crippen LogP contribution in [0, 0.1) is 5.82 Å². The number of hydrogen-bond acceptors (Lipinski definition) is 5. The van der Waals surface area contributed by atoms with E-state index in [1.54, 1.807) is 19.1 Å². The van der Waals surface area contributed by atoms with E-state index in [0.29, 0.717) is 6.61 Å². The fourth-order valence-electron chi connectivity index (χ4n) is 2.06. The van der Waals surface area contributed by atoms with Crippen molar-refractivity contribution in [3.05, 3.63) is 58.0 Å². The van der Waals surface area contributed by atoms with Gasteiger partial charge in [-0.3, -0.25) is 9.59 Å². The van der Waals surface area contributed by atoms with E-state index in [0.717, 1.165) is 10.4 Å². The van der Waals surface area contributed by atoms with E-state index in [9.17, 15) is 14.0 Å². The van der Waals surface area contributed by atoms with Gasteiger partial charge in [0.15, 0.2) is 0 Å². The average molecular weight is 367 g/mol. The van der Waals surface area contributed by atoms with Crippen molar-refractivity contribution in [3.63, 3.8) is 0 Å². The van der Waals surface area contributed by atoms with Gasteiger partial charge in [0.25, 0.3) is 0 Å². The Balaban J connectivity index is 1.97. The minimum atomic E-state index is -0.332. The van der Waals surface area contributed by atoms with Crippen LogP contribution >= 0.6 is 23.1 Å². The lowest BCUT2D eigenvalue weighted by molar-refractivity contribution is -0.139. The summed E-state index contributed by atoms with van der Waals surface area (Å²) in [5.41, 5.74) is 0.808. The molecule has 1 aromatic carbocycles. The zero-order chi connectivity index (χ0) is 17.4. The lowest BCUT2D eigenvalue weighted by Crippen LogP contribution is -2.30. The van der Waals surface area contributed by atoms with Crippen LogP contribution in [0.4, 0.5) is 4.39 Å². The first-order chi connectivity index (χ1) is 11.6. The van der Waals surface area contributed by atoms with Crippen LogP contribution in [-0.2, 0) is 14.3 Å². The zero-order valence-electron chi connectivity index (χ0n) is 13.2. The lowest BCUT2D eigenvalue weighted by Gasteiger charge is -2.18. The number of carbonyl (C=O) groups excluding carboxylic acids is 2. The lowest BCUT2D eigenvalue weighted by atomic mass is 10.1. The Kier molecular flexibility index (Phi) is 7.27. The van der Waals surface area contributed by atoms with E-state index in [4.69, 9.17) is 4.74 Å². The monoisotopic (exact) mass is 367 g/mol. The van der Waals surface area contributed by atoms with Gasteiger partial charge in [-0.15, -0.1) is 23.1 Å². The maximum Gasteiger partial charge on any atom is 0.315 e. The Labute approximate surface area is 148 Å². The Morgan fingerprint density at radius 3 is 2.62 bits per heavy atom. The van der Waals surface area contributed by atoms with Crippen molar-refractivity contribution in [1.29, 1.82) is 0 Å². The van der Waals surface area contributed by atoms with Gasteiger partial charge in [0.1, 0.15) is 5.82 Å². The molecule has 1 unspecified atom stereocenters. The number of carbonyl (C=O) groups is 2. The molecule has 1 atom stereocenters. The van der Waals surface area contributed by atoms with Gasteiger partial charge in [-0.1, -0.05) is 18.2 Å². The van der Waals surface area contributed by atoms with E-state index in [1.807, 2.05) is 17.5 Å². The SMILES string of the molecule is CCOC(=O)CSCC(=O)NC(c1ccc(F)cc1)c1cccs1. The first kappa shape index (κ1) is 18.5. The van der Waals surface area contributed by atoms with Crippen molar-refractivity contribution in [2.24, 2.45) is 0 Å². The fourth-order valence-corrected chi connectivity index (χ4v) is 3.49. The van der Waals surface area contributed by atoms with Gasteiger partial charge in [-0.05, 0) is 36.1 Å². The predicted octanol–water partition coefficient (Wildman–Crippen LogP) is 3.39. The molecule has 0 radical (unpaired) electrons. The maximum absolute atomic E-state index is 13.1. The van der Waals surface area contributed by atoms with E-state index in [2.05, 4.69) is 5.32 Å². The maximum atomic E-state index is 13.1. The summed E-state index contributed by atoms with van der Waals surface area (Å²) in [6.45, 7) is 2.07. The third-order valence-corrected chi connectivity index (χ3v) is 4.94. The first-order valence-electron chi connectivity index (χ1n) is 7.41. The van der Waals surface area contributed by atoms with Crippen LogP contribution < -0.4 is 5.32 Å². The van der Waals surface area contributed by atoms with Crippen molar-refractivity contribution >= 4 is 35.0 Å². The summed E-state index contributed by atoms with van der Waals surface area (Å²) in [4.78, 5) is 24.4. The Morgan fingerprint density at radius 1 is 1.25 bits per heavy atom. The second-order valence-electron chi connectivity index (χ2n) is 4.87. The Morgan fingerprint density at radius 2 is 2.00 bits per heavy atom. The minimum absolute atomic E-state index is 0.140. The molecule has 1 N–H and O–H groups in total. The second-order valence-corrected chi connectivity index (χ2v) is 6.83. The van der Waals surface area contributed by atoms with Crippen LogP contribution in [0.1, 0.15) is 23.4 Å². The molecule has 24 heavy (non-hydrogen) atoms. The summed E-state index contributed by atoms with van der Waals surface area (Å²) in [6, 6.07) is 9.55. The Bertz CT molecular complexity index is 659. The number of halogens is 1. The number of rotatable bonds is 8. The van der Waals surface area contributed by atoms with Gasteiger partial charge >= 0.3 is 5.97 Å². The molecule has 0 saturated carbocycles. The number of benzene rings is 1. The molecule has 0 aliphatic carbocycles. The molecule has 0 saturated heterocycles. The topological polar surface area (TPSA) is 55.4 Å². The number of nitrogens with one attached hydrogen (secondary N) is 1. The molecular formula is C17H18FNO3S2. The number of thiophene rings is 1. The molecule has 2 aromatic rings. The molecule has 0 fully saturated rings. The number of amides is 1. The van der Waals surface area contributed by atoms with Crippen molar-refractivity contribution in [2.45, 2.75) is 13.0 Å². The summed E-state index contributed by atoms with van der Waals surface area (Å²) in [5.74, 6) is -0.542. The van der Waals surface area contributed by atoms with Gasteiger partial charge < -0.3 is 10.1 Å². The van der Waals surface area contributed by atoms with Crippen LogP contribution in [0.2, 0.25) is 0 Å². The van der Waals surface area contributed by atoms with E-state index >= 15 is 0 Å². The van der Waals surface area contributed by atoms with Crippen molar-refractivity contribution in [1.82, 2.24) is 5.32 Å². The van der Waals surface area contributed by atoms with Gasteiger partial charge in [-0.2, -0.15) is 0 Å². The molecule has 0 aliphatic rings. The smallest absolute Gasteiger partial charge is 0.315 e. The third-order valence-electron chi connectivity index (χ3n) is 3.09. The van der Waals surface area contributed by atoms with Gasteiger partial charge in [0, 0.05) is 4.88 Å². The highest BCUT2D eigenvalue weighted by atomic mass is 32.2. The summed E-state index contributed by atoms with van der Waals surface area (Å²) < 4.78 is 17.9. The molecule has 0 bridgehead atoms. The van der Waals surface area contributed by atoms with E-state index in [1.165, 1.54) is 35.2 Å². The van der Waals surface area contributed by atoms with E-state index < -0.39 is 0 Å². The van der Waals surface area contributed by atoms with Crippen molar-refractivity contribution in [3.8, 4) is 0 Å². The quantitative estimate of drug-likeness (QED) is 0.727. The summed E-state index contributed by atoms with van der Waals surface area (Å²) in [7, 11) is 0. The summed E-state index contributed by atoms with van der Waals surface area (Å²) in [6.07, 6.45) is 0. The van der Waals surface area contributed by atoms with Crippen molar-refractivity contribution < 1.29 is 18.7 Å². The molecule has 1 amide bonds. The van der Waals surface area contributed by atoms with Crippen LogP contribution in [0.3, 0.4) is 0 Å². The Hall–Kier alpha value is -1.86. The molecule has 128 valence electrons. The van der Waals surface area contributed by atoms with Crippen LogP contribution in [0.25, 0.3) is 0 Å². The van der Waals surface area contributed by atoms with Crippen molar-refractivity contribution in [2.75, 3.05) is 18.1 Å². The summed E-state index contributed by atoms with van der Waals surface area (Å²) in [5, 5.41) is 4.86. The highest BCUT2D eigenvalue weighted by Crippen LogP contribution is 2.26. The molecule has 1 aromatic heterocycles. The normalized spacial score (nSPS) is 11.8. The molecular weight excluding hydrogens is 349 g/mol. The van der Waals surface area contributed by atoms with Gasteiger partial charge in [0.2, 0.25) is 5.91 Å². The number of ether oxygens (including phenoxy) is 1. The fraction of sp³-hybridized carbons (Fsp3) is 0.294. The minimum Gasteiger partial charge on any atom is -0.465 e. The highest BCUT2D eigenvalue weighted by Gasteiger charge is 2.18. The highest BCUT2D eigenvalue weighted by molar-refractivity contribution is 8.00. The molecule has 0 spiro atoms. The summed E-state index contributed by atoms with van der Waals surface area (Å²) >= 11 is 2.72.